The van der Waals surface area contributed by atoms with Crippen LogP contribution < -0.4 is 0 Å². The molecule has 0 aliphatic carbocycles. The fraction of sp³-hybridized carbons (Fsp3) is 0.100. The predicted molar refractivity (Wildman–Crippen MR) is 54.5 cm³/mol. The van der Waals surface area contributed by atoms with Crippen LogP contribution in [0, 0.1) is 11.6 Å². The van der Waals surface area contributed by atoms with Crippen molar-refractivity contribution in [2.24, 2.45) is 0 Å². The van der Waals surface area contributed by atoms with E-state index in [1.165, 1.54) is 24.3 Å². The molecule has 0 unspecified atom stereocenters. The van der Waals surface area contributed by atoms with Crippen LogP contribution in [0.25, 0.3) is 11.3 Å². The molecule has 0 aliphatic heterocycles. The quantitative estimate of drug-likeness (QED) is 0.783. The molecule has 2 nitrogen and oxygen atoms in total. The lowest BCUT2D eigenvalue weighted by molar-refractivity contribution is 0.421. The second-order valence-electron chi connectivity index (χ2n) is 2.91. The van der Waals surface area contributed by atoms with Gasteiger partial charge in [-0.1, -0.05) is 27.2 Å². The molecular weight excluding hydrogens is 268 g/mol. The Morgan fingerprint density at radius 2 is 1.93 bits per heavy atom. The zero-order valence-corrected chi connectivity index (χ0v) is 9.09. The Balaban J connectivity index is 2.53. The van der Waals surface area contributed by atoms with Gasteiger partial charge in [0.25, 0.3) is 0 Å². The van der Waals surface area contributed by atoms with Crippen molar-refractivity contribution < 1.29 is 13.3 Å². The molecule has 1 aromatic carbocycles. The minimum atomic E-state index is -0.660. The van der Waals surface area contributed by atoms with Crippen LogP contribution in [-0.2, 0) is 5.33 Å². The number of rotatable bonds is 2. The fourth-order valence-corrected chi connectivity index (χ4v) is 1.49. The number of nitrogens with zero attached hydrogens (tertiary/aromatic N) is 1. The minimum absolute atomic E-state index is 0.0973. The van der Waals surface area contributed by atoms with Crippen molar-refractivity contribution in [3.63, 3.8) is 0 Å². The van der Waals surface area contributed by atoms with Gasteiger partial charge >= 0.3 is 0 Å². The largest absolute Gasteiger partial charge is 0.356 e. The van der Waals surface area contributed by atoms with Gasteiger partial charge in [-0.2, -0.15) is 0 Å². The third kappa shape index (κ3) is 1.92. The highest BCUT2D eigenvalue weighted by atomic mass is 79.9. The highest BCUT2D eigenvalue weighted by Gasteiger charge is 2.15. The second-order valence-corrected chi connectivity index (χ2v) is 3.47. The van der Waals surface area contributed by atoms with Gasteiger partial charge in [0.15, 0.2) is 5.76 Å². The van der Waals surface area contributed by atoms with E-state index in [1.54, 1.807) is 0 Å². The van der Waals surface area contributed by atoms with Crippen LogP contribution >= 0.6 is 15.9 Å². The molecule has 0 atom stereocenters. The molecule has 0 N–H and O–H groups in total. The Morgan fingerprint density at radius 1 is 1.27 bits per heavy atom. The standard InChI is InChI=1S/C10H6BrF2NO/c11-5-6-4-9(15-14-6)10-7(12)2-1-3-8(10)13/h1-4H,5H2. The highest BCUT2D eigenvalue weighted by Crippen LogP contribution is 2.26. The van der Waals surface area contributed by atoms with Crippen LogP contribution in [0.5, 0.6) is 0 Å². The van der Waals surface area contributed by atoms with Crippen molar-refractivity contribution in [2.45, 2.75) is 5.33 Å². The average molecular weight is 274 g/mol. The van der Waals surface area contributed by atoms with Gasteiger partial charge in [-0.05, 0) is 12.1 Å². The summed E-state index contributed by atoms with van der Waals surface area (Å²) >= 11 is 3.17. The smallest absolute Gasteiger partial charge is 0.173 e. The number of halogens is 3. The molecule has 2 rings (SSSR count). The maximum absolute atomic E-state index is 13.3. The fourth-order valence-electron chi connectivity index (χ4n) is 1.23. The van der Waals surface area contributed by atoms with Crippen molar-refractivity contribution in [1.29, 1.82) is 0 Å². The number of aromatic nitrogens is 1. The number of alkyl halides is 1. The molecular formula is C10H6BrF2NO. The summed E-state index contributed by atoms with van der Waals surface area (Å²) in [5, 5.41) is 4.12. The van der Waals surface area contributed by atoms with E-state index < -0.39 is 11.6 Å². The molecule has 0 saturated heterocycles. The molecule has 0 spiro atoms. The molecule has 0 aliphatic rings. The lowest BCUT2D eigenvalue weighted by Crippen LogP contribution is -1.87. The lowest BCUT2D eigenvalue weighted by Gasteiger charge is -1.98. The van der Waals surface area contributed by atoms with Gasteiger partial charge in [0.05, 0.1) is 11.3 Å². The van der Waals surface area contributed by atoms with E-state index in [1.807, 2.05) is 0 Å². The summed E-state index contributed by atoms with van der Waals surface area (Å²) in [6.45, 7) is 0. The molecule has 0 fully saturated rings. The van der Waals surface area contributed by atoms with Gasteiger partial charge in [0.2, 0.25) is 0 Å². The first kappa shape index (κ1) is 10.3. The van der Waals surface area contributed by atoms with Crippen molar-refractivity contribution >= 4 is 15.9 Å². The zero-order valence-electron chi connectivity index (χ0n) is 7.51. The summed E-state index contributed by atoms with van der Waals surface area (Å²) < 4.78 is 31.5. The Labute approximate surface area is 93.0 Å². The van der Waals surface area contributed by atoms with Crippen molar-refractivity contribution in [2.75, 3.05) is 0 Å². The third-order valence-electron chi connectivity index (χ3n) is 1.91. The molecule has 1 heterocycles. The summed E-state index contributed by atoms with van der Waals surface area (Å²) in [4.78, 5) is 0. The van der Waals surface area contributed by atoms with Crippen LogP contribution in [0.4, 0.5) is 8.78 Å². The number of hydrogen-bond donors (Lipinski definition) is 0. The van der Waals surface area contributed by atoms with E-state index in [9.17, 15) is 8.78 Å². The third-order valence-corrected chi connectivity index (χ3v) is 2.48. The van der Waals surface area contributed by atoms with E-state index in [0.717, 1.165) is 0 Å². The van der Waals surface area contributed by atoms with Gasteiger partial charge < -0.3 is 4.52 Å². The zero-order chi connectivity index (χ0) is 10.8. The Kier molecular flexibility index (Phi) is 2.81. The van der Waals surface area contributed by atoms with E-state index in [4.69, 9.17) is 4.52 Å². The van der Waals surface area contributed by atoms with Crippen LogP contribution in [0.15, 0.2) is 28.8 Å². The summed E-state index contributed by atoms with van der Waals surface area (Å²) in [7, 11) is 0. The predicted octanol–water partition coefficient (Wildman–Crippen LogP) is 3.51. The molecule has 0 bridgehead atoms. The Bertz CT molecular complexity index is 464. The number of benzene rings is 1. The summed E-state index contributed by atoms with van der Waals surface area (Å²) in [6.07, 6.45) is 0. The van der Waals surface area contributed by atoms with E-state index in [2.05, 4.69) is 21.1 Å². The Morgan fingerprint density at radius 3 is 2.47 bits per heavy atom. The highest BCUT2D eigenvalue weighted by molar-refractivity contribution is 9.08. The van der Waals surface area contributed by atoms with Gasteiger partial charge in [0, 0.05) is 11.4 Å². The van der Waals surface area contributed by atoms with E-state index >= 15 is 0 Å². The van der Waals surface area contributed by atoms with Gasteiger partial charge in [0.1, 0.15) is 11.6 Å². The van der Waals surface area contributed by atoms with E-state index in [-0.39, 0.29) is 11.3 Å². The molecule has 0 saturated carbocycles. The SMILES string of the molecule is Fc1cccc(F)c1-c1cc(CBr)no1. The van der Waals surface area contributed by atoms with Crippen LogP contribution in [0.3, 0.4) is 0 Å². The van der Waals surface area contributed by atoms with Crippen LogP contribution in [0.2, 0.25) is 0 Å². The number of hydrogen-bond acceptors (Lipinski definition) is 2. The summed E-state index contributed by atoms with van der Waals surface area (Å²) in [6, 6.07) is 5.15. The first-order valence-electron chi connectivity index (χ1n) is 4.18. The van der Waals surface area contributed by atoms with Crippen molar-refractivity contribution in [1.82, 2.24) is 5.16 Å². The molecule has 0 amide bonds. The topological polar surface area (TPSA) is 26.0 Å². The van der Waals surface area contributed by atoms with Crippen molar-refractivity contribution in [3.8, 4) is 11.3 Å². The minimum Gasteiger partial charge on any atom is -0.356 e. The van der Waals surface area contributed by atoms with Crippen LogP contribution in [0.1, 0.15) is 5.69 Å². The summed E-state index contributed by atoms with van der Waals surface area (Å²) in [5.74, 6) is -1.22. The summed E-state index contributed by atoms with van der Waals surface area (Å²) in [5.41, 5.74) is 0.407. The monoisotopic (exact) mass is 273 g/mol. The molecule has 1 aromatic heterocycles. The first-order valence-corrected chi connectivity index (χ1v) is 5.30. The molecule has 78 valence electrons. The first-order chi connectivity index (χ1) is 7.22. The molecule has 5 heteroatoms. The van der Waals surface area contributed by atoms with Gasteiger partial charge in [-0.25, -0.2) is 8.78 Å². The molecule has 2 aromatic rings. The van der Waals surface area contributed by atoms with Crippen LogP contribution in [-0.4, -0.2) is 5.16 Å². The maximum atomic E-state index is 13.3. The maximum Gasteiger partial charge on any atom is 0.173 e. The molecule has 15 heavy (non-hydrogen) atoms. The van der Waals surface area contributed by atoms with E-state index in [0.29, 0.717) is 11.0 Å². The lowest BCUT2D eigenvalue weighted by atomic mass is 10.1. The van der Waals surface area contributed by atoms with Gasteiger partial charge in [-0.15, -0.1) is 0 Å². The average Bonchev–Trinajstić information content (AvgIpc) is 2.66. The van der Waals surface area contributed by atoms with Crippen molar-refractivity contribution in [3.05, 3.63) is 41.6 Å². The van der Waals surface area contributed by atoms with Gasteiger partial charge in [-0.3, -0.25) is 0 Å². The normalized spacial score (nSPS) is 10.6. The Hall–Kier alpha value is -1.23. The molecule has 0 radical (unpaired) electrons. The second kappa shape index (κ2) is 4.10.